The molecule has 1 heterocycles. The smallest absolute Gasteiger partial charge is 0.262 e. The Balaban J connectivity index is 2.30. The van der Waals surface area contributed by atoms with Crippen LogP contribution in [0, 0.1) is 5.92 Å². The first kappa shape index (κ1) is 16.8. The van der Waals surface area contributed by atoms with E-state index in [1.165, 1.54) is 0 Å². The zero-order chi connectivity index (χ0) is 16.3. The van der Waals surface area contributed by atoms with Gasteiger partial charge in [0.2, 0.25) is 0 Å². The van der Waals surface area contributed by atoms with E-state index in [-0.39, 0.29) is 11.8 Å². The van der Waals surface area contributed by atoms with E-state index in [1.54, 1.807) is 37.1 Å². The molecule has 0 aliphatic carbocycles. The van der Waals surface area contributed by atoms with Crippen LogP contribution in [0.25, 0.3) is 0 Å². The molecule has 0 spiro atoms. The third kappa shape index (κ3) is 3.79. The second kappa shape index (κ2) is 6.67. The topological polar surface area (TPSA) is 40.5 Å². The Morgan fingerprint density at radius 1 is 1.36 bits per heavy atom. The highest BCUT2D eigenvalue weighted by Crippen LogP contribution is 2.25. The summed E-state index contributed by atoms with van der Waals surface area (Å²) in [6.45, 7) is 5.84. The summed E-state index contributed by atoms with van der Waals surface area (Å²) in [6.07, 6.45) is 6.55. The van der Waals surface area contributed by atoms with Crippen LogP contribution in [-0.2, 0) is 11.3 Å². The maximum absolute atomic E-state index is 12.7. The molecule has 1 N–H and O–H groups in total. The van der Waals surface area contributed by atoms with Gasteiger partial charge >= 0.3 is 0 Å². The molecule has 0 saturated carbocycles. The monoisotopic (exact) mass is 319 g/mol. The number of carbonyl (C=O) groups excluding carboxylic acids is 1. The van der Waals surface area contributed by atoms with Gasteiger partial charge in [-0.2, -0.15) is 0 Å². The lowest BCUT2D eigenvalue weighted by atomic mass is 9.92. The molecule has 1 aliphatic rings. The molecule has 22 heavy (non-hydrogen) atoms. The number of hydrogen-bond donors (Lipinski definition) is 1. The van der Waals surface area contributed by atoms with Gasteiger partial charge < -0.3 is 10.0 Å². The molecule has 0 saturated heterocycles. The lowest BCUT2D eigenvalue weighted by Gasteiger charge is -2.29. The molecule has 2 atom stereocenters. The molecular formula is C18H22ClNO2. The normalized spacial score (nSPS) is 30.0. The number of benzene rings is 1. The van der Waals surface area contributed by atoms with Crippen LogP contribution in [0.3, 0.4) is 0 Å². The van der Waals surface area contributed by atoms with Gasteiger partial charge in [0.1, 0.15) is 0 Å². The third-order valence-electron chi connectivity index (χ3n) is 4.04. The summed E-state index contributed by atoms with van der Waals surface area (Å²) in [4.78, 5) is 14.3. The van der Waals surface area contributed by atoms with Crippen molar-refractivity contribution in [2.75, 3.05) is 0 Å². The zero-order valence-electron chi connectivity index (χ0n) is 13.2. The van der Waals surface area contributed by atoms with Gasteiger partial charge in [-0.25, -0.2) is 0 Å². The van der Waals surface area contributed by atoms with Gasteiger partial charge in [-0.05, 0) is 49.5 Å². The SMILES string of the molecule is C/C1=C\C(C)C/C=C/N(Cc2ccc(Cl)cc2)C(=O)C1(C)O. The Morgan fingerprint density at radius 2 is 2.00 bits per heavy atom. The maximum Gasteiger partial charge on any atom is 0.262 e. The summed E-state index contributed by atoms with van der Waals surface area (Å²) < 4.78 is 0. The van der Waals surface area contributed by atoms with E-state index in [4.69, 9.17) is 11.6 Å². The van der Waals surface area contributed by atoms with Gasteiger partial charge in [0.05, 0.1) is 6.54 Å². The third-order valence-corrected chi connectivity index (χ3v) is 4.29. The predicted molar refractivity (Wildman–Crippen MR) is 89.3 cm³/mol. The molecule has 1 aliphatic heterocycles. The van der Waals surface area contributed by atoms with Crippen LogP contribution >= 0.6 is 11.6 Å². The molecule has 3 nitrogen and oxygen atoms in total. The molecule has 2 rings (SSSR count). The first-order valence-corrected chi connectivity index (χ1v) is 7.82. The maximum atomic E-state index is 12.7. The van der Waals surface area contributed by atoms with Crippen molar-refractivity contribution in [1.29, 1.82) is 0 Å². The Kier molecular flexibility index (Phi) is 5.09. The number of carbonyl (C=O) groups is 1. The predicted octanol–water partition coefficient (Wildman–Crippen LogP) is 3.92. The zero-order valence-corrected chi connectivity index (χ0v) is 14.0. The van der Waals surface area contributed by atoms with Crippen molar-refractivity contribution >= 4 is 17.5 Å². The molecule has 4 heteroatoms. The number of aliphatic hydroxyl groups is 1. The minimum absolute atomic E-state index is 0.283. The molecule has 0 fully saturated rings. The van der Waals surface area contributed by atoms with E-state index >= 15 is 0 Å². The van der Waals surface area contributed by atoms with Crippen molar-refractivity contribution in [2.24, 2.45) is 5.92 Å². The Bertz CT molecular complexity index is 602. The van der Waals surface area contributed by atoms with E-state index in [0.717, 1.165) is 12.0 Å². The lowest BCUT2D eigenvalue weighted by Crippen LogP contribution is -2.45. The Hall–Kier alpha value is -1.58. The van der Waals surface area contributed by atoms with Crippen LogP contribution in [0.2, 0.25) is 5.02 Å². The summed E-state index contributed by atoms with van der Waals surface area (Å²) in [5, 5.41) is 11.3. The molecule has 0 radical (unpaired) electrons. The quantitative estimate of drug-likeness (QED) is 0.839. The molecule has 1 amide bonds. The highest BCUT2D eigenvalue weighted by molar-refractivity contribution is 6.30. The van der Waals surface area contributed by atoms with Gasteiger partial charge in [-0.1, -0.05) is 42.8 Å². The van der Waals surface area contributed by atoms with E-state index in [0.29, 0.717) is 17.1 Å². The molecule has 118 valence electrons. The van der Waals surface area contributed by atoms with E-state index in [1.807, 2.05) is 24.3 Å². The summed E-state index contributed by atoms with van der Waals surface area (Å²) >= 11 is 5.89. The van der Waals surface area contributed by atoms with Crippen molar-refractivity contribution in [1.82, 2.24) is 4.90 Å². The molecule has 1 aromatic rings. The number of allylic oxidation sites excluding steroid dienone is 2. The first-order valence-electron chi connectivity index (χ1n) is 7.44. The fraction of sp³-hybridized carbons (Fsp3) is 0.389. The molecule has 1 aromatic carbocycles. The Morgan fingerprint density at radius 3 is 2.64 bits per heavy atom. The number of hydrogen-bond acceptors (Lipinski definition) is 2. The lowest BCUT2D eigenvalue weighted by molar-refractivity contribution is -0.143. The average Bonchev–Trinajstić information content (AvgIpc) is 2.49. The van der Waals surface area contributed by atoms with Gasteiger partial charge in [-0.3, -0.25) is 4.79 Å². The van der Waals surface area contributed by atoms with Crippen LogP contribution in [0.5, 0.6) is 0 Å². The van der Waals surface area contributed by atoms with E-state index in [9.17, 15) is 9.90 Å². The molecule has 0 aromatic heterocycles. The first-order chi connectivity index (χ1) is 10.3. The minimum atomic E-state index is -1.49. The van der Waals surface area contributed by atoms with Crippen molar-refractivity contribution in [2.45, 2.75) is 39.3 Å². The van der Waals surface area contributed by atoms with Crippen molar-refractivity contribution in [3.8, 4) is 0 Å². The summed E-state index contributed by atoms with van der Waals surface area (Å²) in [6, 6.07) is 7.37. The second-order valence-corrected chi connectivity index (χ2v) is 6.52. The number of rotatable bonds is 2. The minimum Gasteiger partial charge on any atom is -0.376 e. The van der Waals surface area contributed by atoms with Gasteiger partial charge in [0.15, 0.2) is 5.60 Å². The highest BCUT2D eigenvalue weighted by atomic mass is 35.5. The summed E-state index contributed by atoms with van der Waals surface area (Å²) in [7, 11) is 0. The van der Waals surface area contributed by atoms with Gasteiger partial charge in [0.25, 0.3) is 5.91 Å². The molecule has 2 unspecified atom stereocenters. The number of halogens is 1. The van der Waals surface area contributed by atoms with Crippen molar-refractivity contribution < 1.29 is 9.90 Å². The van der Waals surface area contributed by atoms with E-state index in [2.05, 4.69) is 6.92 Å². The standard InChI is InChI=1S/C18H22ClNO2/c1-13-5-4-10-20(12-15-6-8-16(19)9-7-15)17(21)18(3,22)14(2)11-13/h4,6-11,13,22H,5,12H2,1-3H3/b10-4+,14-11+. The van der Waals surface area contributed by atoms with Crippen LogP contribution in [0.15, 0.2) is 48.2 Å². The second-order valence-electron chi connectivity index (χ2n) is 6.08. The largest absolute Gasteiger partial charge is 0.376 e. The van der Waals surface area contributed by atoms with Gasteiger partial charge in [-0.15, -0.1) is 0 Å². The number of amides is 1. The van der Waals surface area contributed by atoms with Crippen molar-refractivity contribution in [3.05, 3.63) is 58.8 Å². The van der Waals surface area contributed by atoms with Crippen molar-refractivity contribution in [3.63, 3.8) is 0 Å². The molecule has 0 bridgehead atoms. The number of nitrogens with zero attached hydrogens (tertiary/aromatic N) is 1. The average molecular weight is 320 g/mol. The van der Waals surface area contributed by atoms with E-state index < -0.39 is 5.60 Å². The van der Waals surface area contributed by atoms with Crippen LogP contribution in [0.4, 0.5) is 0 Å². The summed E-state index contributed by atoms with van der Waals surface area (Å²) in [5.74, 6) is -0.0347. The van der Waals surface area contributed by atoms with Crippen LogP contribution in [0.1, 0.15) is 32.8 Å². The fourth-order valence-corrected chi connectivity index (χ4v) is 2.61. The fourth-order valence-electron chi connectivity index (χ4n) is 2.49. The van der Waals surface area contributed by atoms with Crippen LogP contribution in [-0.4, -0.2) is 21.5 Å². The van der Waals surface area contributed by atoms with Crippen LogP contribution < -0.4 is 0 Å². The molecular weight excluding hydrogens is 298 g/mol. The highest BCUT2D eigenvalue weighted by Gasteiger charge is 2.36. The Labute approximate surface area is 136 Å². The summed E-state index contributed by atoms with van der Waals surface area (Å²) in [5.41, 5.74) is 0.164. The van der Waals surface area contributed by atoms with Gasteiger partial charge in [0, 0.05) is 11.2 Å².